The smallest absolute Gasteiger partial charge is 0.124 e. The number of nitrogens with zero attached hydrogens (tertiary/aromatic N) is 6. The zero-order valence-electron chi connectivity index (χ0n) is 21.2. The summed E-state index contributed by atoms with van der Waals surface area (Å²) >= 11 is 0. The van der Waals surface area contributed by atoms with Crippen LogP contribution in [0.1, 0.15) is 48.8 Å². The van der Waals surface area contributed by atoms with E-state index in [4.69, 9.17) is 9.97 Å². The summed E-state index contributed by atoms with van der Waals surface area (Å²) < 4.78 is 2.52. The molecule has 0 amide bonds. The number of pyridine rings is 1. The monoisotopic (exact) mass is 460 g/mol. The largest absolute Gasteiger partial charge is 0.327 e. The molecule has 6 nitrogen and oxygen atoms in total. The van der Waals surface area contributed by atoms with E-state index in [-0.39, 0.29) is 0 Å². The number of piperidine rings is 1. The van der Waals surface area contributed by atoms with E-state index < -0.39 is 0 Å². The molecule has 1 aliphatic carbocycles. The fourth-order valence-electron chi connectivity index (χ4n) is 5.90. The van der Waals surface area contributed by atoms with Crippen LogP contribution in [0.5, 0.6) is 0 Å². The van der Waals surface area contributed by atoms with E-state index in [1.54, 1.807) is 0 Å². The highest BCUT2D eigenvalue weighted by atomic mass is 15.2. The van der Waals surface area contributed by atoms with Crippen LogP contribution < -0.4 is 0 Å². The number of hydrogen-bond acceptors (Lipinski definition) is 5. The van der Waals surface area contributed by atoms with Crippen LogP contribution in [0.2, 0.25) is 0 Å². The Morgan fingerprint density at radius 2 is 1.91 bits per heavy atom. The van der Waals surface area contributed by atoms with Crippen LogP contribution in [0.4, 0.5) is 0 Å². The molecule has 1 unspecified atom stereocenters. The maximum atomic E-state index is 5.13. The van der Waals surface area contributed by atoms with Crippen molar-refractivity contribution in [3.05, 3.63) is 59.7 Å². The Kier molecular flexibility index (Phi) is 7.28. The van der Waals surface area contributed by atoms with Crippen LogP contribution in [0, 0.1) is 5.92 Å². The molecule has 2 atom stereocenters. The Hall–Kier alpha value is -2.28. The van der Waals surface area contributed by atoms with Gasteiger partial charge in [-0.15, -0.1) is 0 Å². The number of rotatable bonds is 8. The van der Waals surface area contributed by atoms with Gasteiger partial charge in [0.25, 0.3) is 0 Å². The zero-order valence-corrected chi connectivity index (χ0v) is 21.2. The summed E-state index contributed by atoms with van der Waals surface area (Å²) in [6.45, 7) is 6.63. The third-order valence-electron chi connectivity index (χ3n) is 7.73. The third kappa shape index (κ3) is 5.19. The number of para-hydroxylation sites is 2. The molecule has 3 heterocycles. The summed E-state index contributed by atoms with van der Waals surface area (Å²) in [5, 5.41) is 0. The van der Waals surface area contributed by atoms with Crippen molar-refractivity contribution < 1.29 is 0 Å². The minimum absolute atomic E-state index is 0.370. The number of benzene rings is 1. The van der Waals surface area contributed by atoms with Gasteiger partial charge in [0.1, 0.15) is 5.82 Å². The molecule has 0 radical (unpaired) electrons. The molecular formula is C28H40N6. The van der Waals surface area contributed by atoms with Crippen LogP contribution in [0.15, 0.2) is 42.6 Å². The lowest BCUT2D eigenvalue weighted by atomic mass is 9.91. The van der Waals surface area contributed by atoms with Gasteiger partial charge in [-0.2, -0.15) is 0 Å². The highest BCUT2D eigenvalue weighted by Gasteiger charge is 2.27. The SMILES string of the molecule is CN(C)CCN1CCC[C@H](Cn2c(CN(C)C3CCCc4cccnc43)nc3ccccc32)C1. The van der Waals surface area contributed by atoms with Crippen LogP contribution >= 0.6 is 0 Å². The Labute approximate surface area is 204 Å². The average Bonchev–Trinajstić information content (AvgIpc) is 3.19. The van der Waals surface area contributed by atoms with Crippen molar-refractivity contribution in [2.24, 2.45) is 5.92 Å². The maximum Gasteiger partial charge on any atom is 0.124 e. The molecule has 2 aromatic heterocycles. The van der Waals surface area contributed by atoms with Gasteiger partial charge in [0.05, 0.1) is 29.3 Å². The van der Waals surface area contributed by atoms with Crippen LogP contribution in [-0.2, 0) is 19.5 Å². The lowest BCUT2D eigenvalue weighted by Crippen LogP contribution is -2.40. The summed E-state index contributed by atoms with van der Waals surface area (Å²) in [6, 6.07) is 13.4. The van der Waals surface area contributed by atoms with Crippen LogP contribution in [0.3, 0.4) is 0 Å². The van der Waals surface area contributed by atoms with Crippen molar-refractivity contribution in [2.75, 3.05) is 47.3 Å². The molecule has 2 aliphatic rings. The molecule has 34 heavy (non-hydrogen) atoms. The summed E-state index contributed by atoms with van der Waals surface area (Å²) in [5.74, 6) is 1.87. The molecule has 0 bridgehead atoms. The molecule has 5 rings (SSSR count). The Morgan fingerprint density at radius 1 is 1.03 bits per heavy atom. The second kappa shape index (κ2) is 10.5. The number of imidazole rings is 1. The van der Waals surface area contributed by atoms with Crippen LogP contribution in [0.25, 0.3) is 11.0 Å². The molecule has 0 N–H and O–H groups in total. The van der Waals surface area contributed by atoms with Crippen molar-refractivity contribution in [2.45, 2.75) is 51.2 Å². The molecule has 1 aromatic carbocycles. The fraction of sp³-hybridized carbons (Fsp3) is 0.571. The molecule has 1 aliphatic heterocycles. The van der Waals surface area contributed by atoms with Gasteiger partial charge in [0, 0.05) is 32.4 Å². The lowest BCUT2D eigenvalue weighted by Gasteiger charge is -2.34. The summed E-state index contributed by atoms with van der Waals surface area (Å²) in [7, 11) is 6.59. The summed E-state index contributed by atoms with van der Waals surface area (Å²) in [6.07, 6.45) is 8.10. The van der Waals surface area contributed by atoms with Gasteiger partial charge in [-0.1, -0.05) is 18.2 Å². The second-order valence-electron chi connectivity index (χ2n) is 10.6. The fourth-order valence-corrected chi connectivity index (χ4v) is 5.90. The van der Waals surface area contributed by atoms with Gasteiger partial charge in [-0.3, -0.25) is 9.88 Å². The normalized spacial score (nSPS) is 21.4. The van der Waals surface area contributed by atoms with Crippen molar-refractivity contribution >= 4 is 11.0 Å². The summed E-state index contributed by atoms with van der Waals surface area (Å²) in [5.41, 5.74) is 5.08. The highest BCUT2D eigenvalue weighted by Crippen LogP contribution is 2.33. The standard InChI is InChI=1S/C28H40N6/c1-31(2)17-18-33-16-8-9-22(19-33)20-34-25-13-5-4-12-24(25)30-27(34)21-32(3)26-14-6-10-23-11-7-15-29-28(23)26/h4-5,7,11-13,15,22,26H,6,8-10,14,16-21H2,1-3H3/t22-,26?/m0/s1. The van der Waals surface area contributed by atoms with E-state index in [0.29, 0.717) is 12.0 Å². The molecule has 0 saturated carbocycles. The highest BCUT2D eigenvalue weighted by molar-refractivity contribution is 5.75. The summed E-state index contributed by atoms with van der Waals surface area (Å²) in [4.78, 5) is 17.3. The number of hydrogen-bond donors (Lipinski definition) is 0. The predicted molar refractivity (Wildman–Crippen MR) is 139 cm³/mol. The second-order valence-corrected chi connectivity index (χ2v) is 10.6. The van der Waals surface area contributed by atoms with Crippen molar-refractivity contribution in [3.63, 3.8) is 0 Å². The molecule has 3 aromatic rings. The average molecular weight is 461 g/mol. The Morgan fingerprint density at radius 3 is 2.79 bits per heavy atom. The van der Waals surface area contributed by atoms with E-state index in [1.165, 1.54) is 61.4 Å². The third-order valence-corrected chi connectivity index (χ3v) is 7.73. The van der Waals surface area contributed by atoms with E-state index in [1.807, 2.05) is 6.20 Å². The number of aromatic nitrogens is 3. The lowest BCUT2D eigenvalue weighted by molar-refractivity contribution is 0.149. The first-order valence-corrected chi connectivity index (χ1v) is 13.0. The van der Waals surface area contributed by atoms with Gasteiger partial charge >= 0.3 is 0 Å². The van der Waals surface area contributed by atoms with Gasteiger partial charge in [0.2, 0.25) is 0 Å². The first-order chi connectivity index (χ1) is 16.6. The maximum absolute atomic E-state index is 5.13. The zero-order chi connectivity index (χ0) is 23.5. The van der Waals surface area contributed by atoms with Gasteiger partial charge < -0.3 is 14.4 Å². The minimum Gasteiger partial charge on any atom is -0.327 e. The van der Waals surface area contributed by atoms with E-state index >= 15 is 0 Å². The minimum atomic E-state index is 0.370. The molecular weight excluding hydrogens is 420 g/mol. The van der Waals surface area contributed by atoms with Crippen molar-refractivity contribution in [1.82, 2.24) is 29.2 Å². The van der Waals surface area contributed by atoms with Gasteiger partial charge in [0.15, 0.2) is 0 Å². The number of likely N-dealkylation sites (N-methyl/N-ethyl adjacent to an activating group) is 1. The number of likely N-dealkylation sites (tertiary alicyclic amines) is 1. The van der Waals surface area contributed by atoms with Crippen LogP contribution in [-0.4, -0.2) is 76.6 Å². The number of fused-ring (bicyclic) bond motifs is 2. The van der Waals surface area contributed by atoms with E-state index in [2.05, 4.69) is 76.8 Å². The van der Waals surface area contributed by atoms with Gasteiger partial charge in [-0.05, 0) is 89.5 Å². The quantitative estimate of drug-likeness (QED) is 0.504. The Bertz CT molecular complexity index is 1090. The van der Waals surface area contributed by atoms with Crippen molar-refractivity contribution in [3.8, 4) is 0 Å². The predicted octanol–water partition coefficient (Wildman–Crippen LogP) is 4.21. The van der Waals surface area contributed by atoms with E-state index in [0.717, 1.165) is 38.1 Å². The molecule has 1 fully saturated rings. The molecule has 0 spiro atoms. The first-order valence-electron chi connectivity index (χ1n) is 13.0. The first kappa shape index (κ1) is 23.5. The van der Waals surface area contributed by atoms with E-state index in [9.17, 15) is 0 Å². The topological polar surface area (TPSA) is 40.4 Å². The molecule has 1 saturated heterocycles. The Balaban J connectivity index is 1.36. The molecule has 6 heteroatoms. The number of aryl methyl sites for hydroxylation is 1. The molecule has 182 valence electrons. The van der Waals surface area contributed by atoms with Gasteiger partial charge in [-0.25, -0.2) is 4.98 Å². The van der Waals surface area contributed by atoms with Crippen molar-refractivity contribution in [1.29, 1.82) is 0 Å².